The van der Waals surface area contributed by atoms with E-state index in [2.05, 4.69) is 24.3 Å². The molecule has 19 heavy (non-hydrogen) atoms. The van der Waals surface area contributed by atoms with Crippen LogP contribution in [0.3, 0.4) is 0 Å². The third-order valence-electron chi connectivity index (χ3n) is 3.86. The van der Waals surface area contributed by atoms with Gasteiger partial charge in [-0.1, -0.05) is 24.3 Å². The fourth-order valence-electron chi connectivity index (χ4n) is 2.72. The van der Waals surface area contributed by atoms with Gasteiger partial charge in [-0.2, -0.15) is 0 Å². The van der Waals surface area contributed by atoms with Crippen molar-refractivity contribution in [1.82, 2.24) is 4.90 Å². The molecule has 1 heterocycles. The van der Waals surface area contributed by atoms with Crippen LogP contribution >= 0.6 is 0 Å². The minimum Gasteiger partial charge on any atom is -0.343 e. The molecule has 0 aliphatic carbocycles. The van der Waals surface area contributed by atoms with Crippen LogP contribution in [0.25, 0.3) is 0 Å². The van der Waals surface area contributed by atoms with E-state index in [0.717, 1.165) is 25.9 Å². The molecule has 1 aliphatic rings. The van der Waals surface area contributed by atoms with Crippen LogP contribution in [-0.2, 0) is 11.3 Å². The van der Waals surface area contributed by atoms with Crippen LogP contribution in [0, 0.1) is 0 Å². The lowest BCUT2D eigenvalue weighted by Gasteiger charge is -2.32. The van der Waals surface area contributed by atoms with Gasteiger partial charge in [-0.3, -0.25) is 4.79 Å². The Morgan fingerprint density at radius 3 is 2.63 bits per heavy atom. The summed E-state index contributed by atoms with van der Waals surface area (Å²) in [5.74, 6) is 0.741. The second-order valence-corrected chi connectivity index (χ2v) is 5.14. The average molecular weight is 261 g/mol. The smallest absolute Gasteiger partial charge is 0.223 e. The second kappa shape index (κ2) is 6.68. The number of benzene rings is 1. The molecule has 0 unspecified atom stereocenters. The molecule has 4 nitrogen and oxygen atoms in total. The molecule has 1 aromatic carbocycles. The van der Waals surface area contributed by atoms with Gasteiger partial charge in [-0.25, -0.2) is 0 Å². The number of carbonyl (C=O) groups is 1. The van der Waals surface area contributed by atoms with Crippen molar-refractivity contribution in [2.45, 2.75) is 31.7 Å². The molecular weight excluding hydrogens is 238 g/mol. The molecule has 104 valence electrons. The monoisotopic (exact) mass is 261 g/mol. The van der Waals surface area contributed by atoms with Crippen LogP contribution < -0.4 is 11.5 Å². The summed E-state index contributed by atoms with van der Waals surface area (Å²) in [6.07, 6.45) is 2.53. The molecule has 0 radical (unpaired) electrons. The van der Waals surface area contributed by atoms with E-state index >= 15 is 0 Å². The Morgan fingerprint density at radius 2 is 2.00 bits per heavy atom. The molecule has 0 saturated carbocycles. The van der Waals surface area contributed by atoms with Gasteiger partial charge in [0.25, 0.3) is 0 Å². The minimum atomic E-state index is 0.191. The SMILES string of the molecule is NCCC(=O)N1CCC(c2cccc(CN)c2)CC1. The van der Waals surface area contributed by atoms with Gasteiger partial charge in [-0.05, 0) is 29.9 Å². The molecule has 4 heteroatoms. The first kappa shape index (κ1) is 14.0. The number of rotatable bonds is 4. The molecule has 1 fully saturated rings. The van der Waals surface area contributed by atoms with E-state index in [1.807, 2.05) is 4.90 Å². The zero-order chi connectivity index (χ0) is 13.7. The van der Waals surface area contributed by atoms with Crippen molar-refractivity contribution in [2.24, 2.45) is 11.5 Å². The van der Waals surface area contributed by atoms with Gasteiger partial charge in [-0.15, -0.1) is 0 Å². The number of amides is 1. The van der Waals surface area contributed by atoms with Crippen LogP contribution in [0.4, 0.5) is 0 Å². The molecule has 2 rings (SSSR count). The second-order valence-electron chi connectivity index (χ2n) is 5.14. The number of likely N-dealkylation sites (tertiary alicyclic amines) is 1. The highest BCUT2D eigenvalue weighted by Crippen LogP contribution is 2.28. The fourth-order valence-corrected chi connectivity index (χ4v) is 2.72. The first-order chi connectivity index (χ1) is 9.24. The Labute approximate surface area is 114 Å². The van der Waals surface area contributed by atoms with Crippen molar-refractivity contribution < 1.29 is 4.79 Å². The Kier molecular flexibility index (Phi) is 4.93. The van der Waals surface area contributed by atoms with Crippen LogP contribution in [0.1, 0.15) is 36.3 Å². The van der Waals surface area contributed by atoms with E-state index in [1.165, 1.54) is 11.1 Å². The molecule has 1 aliphatic heterocycles. The highest BCUT2D eigenvalue weighted by molar-refractivity contribution is 5.76. The predicted molar refractivity (Wildman–Crippen MR) is 76.6 cm³/mol. The number of nitrogens with two attached hydrogens (primary N) is 2. The Balaban J connectivity index is 1.94. The summed E-state index contributed by atoms with van der Waals surface area (Å²) in [5, 5.41) is 0. The van der Waals surface area contributed by atoms with E-state index in [-0.39, 0.29) is 5.91 Å². The highest BCUT2D eigenvalue weighted by atomic mass is 16.2. The van der Waals surface area contributed by atoms with Gasteiger partial charge in [0.2, 0.25) is 5.91 Å². The van der Waals surface area contributed by atoms with Crippen molar-refractivity contribution >= 4 is 5.91 Å². The van der Waals surface area contributed by atoms with Crippen molar-refractivity contribution in [3.05, 3.63) is 35.4 Å². The number of nitrogens with zero attached hydrogens (tertiary/aromatic N) is 1. The molecule has 0 bridgehead atoms. The first-order valence-corrected chi connectivity index (χ1v) is 7.01. The van der Waals surface area contributed by atoms with E-state index in [0.29, 0.717) is 25.4 Å². The van der Waals surface area contributed by atoms with Gasteiger partial charge in [0.05, 0.1) is 0 Å². The summed E-state index contributed by atoms with van der Waals surface area (Å²) in [5.41, 5.74) is 13.6. The quantitative estimate of drug-likeness (QED) is 0.855. The maximum Gasteiger partial charge on any atom is 0.223 e. The predicted octanol–water partition coefficient (Wildman–Crippen LogP) is 1.20. The van der Waals surface area contributed by atoms with Gasteiger partial charge in [0.15, 0.2) is 0 Å². The fraction of sp³-hybridized carbons (Fsp3) is 0.533. The molecule has 0 atom stereocenters. The topological polar surface area (TPSA) is 72.4 Å². The first-order valence-electron chi connectivity index (χ1n) is 7.01. The van der Waals surface area contributed by atoms with Crippen molar-refractivity contribution in [3.8, 4) is 0 Å². The maximum absolute atomic E-state index is 11.8. The van der Waals surface area contributed by atoms with E-state index in [1.54, 1.807) is 0 Å². The number of piperidine rings is 1. The molecule has 1 aromatic rings. The zero-order valence-corrected chi connectivity index (χ0v) is 11.3. The number of hydrogen-bond acceptors (Lipinski definition) is 3. The summed E-state index contributed by atoms with van der Waals surface area (Å²) in [6, 6.07) is 8.50. The standard InChI is InChI=1S/C15H23N3O/c16-7-4-15(19)18-8-5-13(6-9-18)14-3-1-2-12(10-14)11-17/h1-3,10,13H,4-9,11,16-17H2. The van der Waals surface area contributed by atoms with Crippen LogP contribution in [0.2, 0.25) is 0 Å². The largest absolute Gasteiger partial charge is 0.343 e. The normalized spacial score (nSPS) is 16.6. The van der Waals surface area contributed by atoms with Gasteiger partial charge < -0.3 is 16.4 Å². The lowest BCUT2D eigenvalue weighted by Crippen LogP contribution is -2.38. The Bertz CT molecular complexity index is 425. The molecule has 4 N–H and O–H groups in total. The molecular formula is C15H23N3O. The number of carbonyl (C=O) groups excluding carboxylic acids is 1. The maximum atomic E-state index is 11.8. The van der Waals surface area contributed by atoms with E-state index in [4.69, 9.17) is 11.5 Å². The van der Waals surface area contributed by atoms with Crippen LogP contribution in [0.5, 0.6) is 0 Å². The van der Waals surface area contributed by atoms with Gasteiger partial charge in [0.1, 0.15) is 0 Å². The lowest BCUT2D eigenvalue weighted by atomic mass is 9.88. The molecule has 1 saturated heterocycles. The molecule has 0 spiro atoms. The number of hydrogen-bond donors (Lipinski definition) is 2. The molecule has 1 amide bonds. The summed E-state index contributed by atoms with van der Waals surface area (Å²) in [6.45, 7) is 2.71. The zero-order valence-electron chi connectivity index (χ0n) is 11.3. The summed E-state index contributed by atoms with van der Waals surface area (Å²) in [7, 11) is 0. The Hall–Kier alpha value is -1.39. The minimum absolute atomic E-state index is 0.191. The van der Waals surface area contributed by atoms with Crippen LogP contribution in [-0.4, -0.2) is 30.4 Å². The van der Waals surface area contributed by atoms with Gasteiger partial charge >= 0.3 is 0 Å². The summed E-state index contributed by atoms with van der Waals surface area (Å²) >= 11 is 0. The molecule has 0 aromatic heterocycles. The van der Waals surface area contributed by atoms with Crippen molar-refractivity contribution in [2.75, 3.05) is 19.6 Å². The Morgan fingerprint density at radius 1 is 1.26 bits per heavy atom. The average Bonchev–Trinajstić information content (AvgIpc) is 2.48. The summed E-state index contributed by atoms with van der Waals surface area (Å²) < 4.78 is 0. The lowest BCUT2D eigenvalue weighted by molar-refractivity contribution is -0.132. The van der Waals surface area contributed by atoms with Crippen molar-refractivity contribution in [3.63, 3.8) is 0 Å². The summed E-state index contributed by atoms with van der Waals surface area (Å²) in [4.78, 5) is 13.7. The van der Waals surface area contributed by atoms with Crippen molar-refractivity contribution in [1.29, 1.82) is 0 Å². The van der Waals surface area contributed by atoms with E-state index < -0.39 is 0 Å². The highest BCUT2D eigenvalue weighted by Gasteiger charge is 2.23. The third-order valence-corrected chi connectivity index (χ3v) is 3.86. The van der Waals surface area contributed by atoms with E-state index in [9.17, 15) is 4.79 Å². The van der Waals surface area contributed by atoms with Gasteiger partial charge in [0, 0.05) is 32.6 Å². The van der Waals surface area contributed by atoms with Crippen LogP contribution in [0.15, 0.2) is 24.3 Å². The third kappa shape index (κ3) is 3.55.